The van der Waals surface area contributed by atoms with Crippen molar-refractivity contribution in [3.63, 3.8) is 0 Å². The van der Waals surface area contributed by atoms with Crippen LogP contribution in [0.15, 0.2) is 12.2 Å². The maximum Gasteiger partial charge on any atom is 0.303 e. The second-order valence-electron chi connectivity index (χ2n) is 8.71. The van der Waals surface area contributed by atoms with E-state index < -0.39 is 11.9 Å². The summed E-state index contributed by atoms with van der Waals surface area (Å²) >= 11 is 0. The van der Waals surface area contributed by atoms with Crippen LogP contribution >= 0.6 is 0 Å². The summed E-state index contributed by atoms with van der Waals surface area (Å²) in [5, 5.41) is 8.62. The lowest BCUT2D eigenvalue weighted by Gasteiger charge is -2.17. The first-order valence-corrected chi connectivity index (χ1v) is 11.7. The van der Waals surface area contributed by atoms with E-state index in [0.717, 1.165) is 44.9 Å². The van der Waals surface area contributed by atoms with Gasteiger partial charge in [0.15, 0.2) is 0 Å². The van der Waals surface area contributed by atoms with Crippen molar-refractivity contribution in [2.45, 2.75) is 122 Å². The Morgan fingerprint density at radius 3 is 2.39 bits per heavy atom. The van der Waals surface area contributed by atoms with Crippen molar-refractivity contribution in [3.8, 4) is 0 Å². The van der Waals surface area contributed by atoms with E-state index in [0.29, 0.717) is 18.3 Å². The van der Waals surface area contributed by atoms with Crippen LogP contribution in [0, 0.1) is 11.8 Å². The summed E-state index contributed by atoms with van der Waals surface area (Å²) in [5.74, 6) is -2.08. The van der Waals surface area contributed by atoms with Crippen LogP contribution in [-0.2, 0) is 4.79 Å². The van der Waals surface area contributed by atoms with Crippen LogP contribution in [0.2, 0.25) is 0 Å². The predicted octanol–water partition coefficient (Wildman–Crippen LogP) is 8.16. The van der Waals surface area contributed by atoms with Gasteiger partial charge in [-0.2, -0.15) is 0 Å². The quantitative estimate of drug-likeness (QED) is 0.197. The highest BCUT2D eigenvalue weighted by Gasteiger charge is 2.28. The zero-order chi connectivity index (χ0) is 20.7. The Kier molecular flexibility index (Phi) is 13.4. The molecular weight excluding hydrogens is 358 g/mol. The molecule has 164 valence electrons. The Balaban J connectivity index is 2.15. The summed E-state index contributed by atoms with van der Waals surface area (Å²) in [6.07, 6.45) is 19.1. The molecular formula is C24H42F2O2. The van der Waals surface area contributed by atoms with Crippen molar-refractivity contribution in [2.24, 2.45) is 11.8 Å². The number of carboxylic acid groups (broad SMARTS) is 1. The molecule has 1 saturated carbocycles. The van der Waals surface area contributed by atoms with Crippen LogP contribution in [0.5, 0.6) is 0 Å². The van der Waals surface area contributed by atoms with Gasteiger partial charge in [0.1, 0.15) is 0 Å². The van der Waals surface area contributed by atoms with E-state index in [9.17, 15) is 13.6 Å². The van der Waals surface area contributed by atoms with Gasteiger partial charge in [0.25, 0.3) is 5.92 Å². The number of rotatable bonds is 17. The van der Waals surface area contributed by atoms with Gasteiger partial charge in [-0.15, -0.1) is 0 Å². The Bertz CT molecular complexity index is 434. The fourth-order valence-electron chi connectivity index (χ4n) is 4.39. The van der Waals surface area contributed by atoms with Gasteiger partial charge in [-0.1, -0.05) is 76.9 Å². The highest BCUT2D eigenvalue weighted by Crippen LogP contribution is 2.37. The topological polar surface area (TPSA) is 37.3 Å². The second kappa shape index (κ2) is 15.0. The molecule has 0 amide bonds. The first-order valence-electron chi connectivity index (χ1n) is 11.7. The molecule has 4 heteroatoms. The van der Waals surface area contributed by atoms with Gasteiger partial charge in [-0.3, -0.25) is 4.79 Å². The third-order valence-corrected chi connectivity index (χ3v) is 6.13. The average Bonchev–Trinajstić information content (AvgIpc) is 3.08. The lowest BCUT2D eigenvalue weighted by atomic mass is 9.89. The van der Waals surface area contributed by atoms with Gasteiger partial charge in [0, 0.05) is 19.3 Å². The third kappa shape index (κ3) is 12.5. The lowest BCUT2D eigenvalue weighted by molar-refractivity contribution is -0.137. The minimum atomic E-state index is -2.54. The Labute approximate surface area is 171 Å². The van der Waals surface area contributed by atoms with E-state index in [1.165, 1.54) is 38.5 Å². The minimum absolute atomic E-state index is 0.0257. The average molecular weight is 401 g/mol. The molecule has 2 nitrogen and oxygen atoms in total. The smallest absolute Gasteiger partial charge is 0.303 e. The maximum absolute atomic E-state index is 14.0. The number of hydrogen-bond donors (Lipinski definition) is 1. The number of carbonyl (C=O) groups is 1. The molecule has 1 fully saturated rings. The lowest BCUT2D eigenvalue weighted by Crippen LogP contribution is -2.14. The van der Waals surface area contributed by atoms with Crippen molar-refractivity contribution in [3.05, 3.63) is 12.2 Å². The number of carboxylic acids is 1. The van der Waals surface area contributed by atoms with Crippen LogP contribution < -0.4 is 0 Å². The zero-order valence-corrected chi connectivity index (χ0v) is 17.9. The van der Waals surface area contributed by atoms with Crippen LogP contribution in [0.25, 0.3) is 0 Å². The van der Waals surface area contributed by atoms with Crippen LogP contribution in [0.1, 0.15) is 116 Å². The molecule has 1 aliphatic rings. The van der Waals surface area contributed by atoms with Crippen molar-refractivity contribution in [2.75, 3.05) is 0 Å². The van der Waals surface area contributed by atoms with Gasteiger partial charge in [-0.05, 0) is 43.9 Å². The number of unbranched alkanes of at least 4 members (excludes halogenated alkanes) is 8. The molecule has 1 unspecified atom stereocenters. The van der Waals surface area contributed by atoms with Gasteiger partial charge in [0.05, 0.1) is 0 Å². The molecule has 0 aliphatic heterocycles. The molecule has 0 bridgehead atoms. The fourth-order valence-corrected chi connectivity index (χ4v) is 4.39. The predicted molar refractivity (Wildman–Crippen MR) is 113 cm³/mol. The second-order valence-corrected chi connectivity index (χ2v) is 8.71. The molecule has 0 saturated heterocycles. The Morgan fingerprint density at radius 1 is 1.00 bits per heavy atom. The standard InChI is InChI=1S/C24H42F2O2/c1-2-3-4-11-19-24(25,26)20-13-17-22-16-12-15-21(22)14-9-7-5-6-8-10-18-23(27)28/h13,17,21-22H,2-12,14-16,18-20H2,1H3,(H,27,28)/b17-13+/t21?,22-/m1/s1. The molecule has 0 radical (unpaired) electrons. The summed E-state index contributed by atoms with van der Waals surface area (Å²) in [6.45, 7) is 2.10. The molecule has 1 N–H and O–H groups in total. The van der Waals surface area contributed by atoms with Gasteiger partial charge in [0.2, 0.25) is 0 Å². The number of alkyl halides is 2. The minimum Gasteiger partial charge on any atom is -0.481 e. The first kappa shape index (κ1) is 25.1. The highest BCUT2D eigenvalue weighted by atomic mass is 19.3. The molecule has 0 aromatic carbocycles. The Morgan fingerprint density at radius 2 is 1.68 bits per heavy atom. The normalized spacial score (nSPS) is 20.2. The molecule has 2 atom stereocenters. The number of hydrogen-bond acceptors (Lipinski definition) is 1. The van der Waals surface area contributed by atoms with E-state index >= 15 is 0 Å². The number of allylic oxidation sites excluding steroid dienone is 2. The first-order chi connectivity index (χ1) is 13.4. The number of aliphatic carboxylic acids is 1. The Hall–Kier alpha value is -0.930. The molecule has 0 aromatic heterocycles. The van der Waals surface area contributed by atoms with E-state index in [1.54, 1.807) is 6.08 Å². The van der Waals surface area contributed by atoms with E-state index in [2.05, 4.69) is 13.0 Å². The van der Waals surface area contributed by atoms with E-state index in [1.807, 2.05) is 0 Å². The highest BCUT2D eigenvalue weighted by molar-refractivity contribution is 5.66. The van der Waals surface area contributed by atoms with Crippen molar-refractivity contribution in [1.29, 1.82) is 0 Å². The molecule has 1 aliphatic carbocycles. The summed E-state index contributed by atoms with van der Waals surface area (Å²) in [5.41, 5.74) is 0. The van der Waals surface area contributed by atoms with Crippen LogP contribution in [0.4, 0.5) is 8.78 Å². The van der Waals surface area contributed by atoms with Gasteiger partial charge < -0.3 is 5.11 Å². The summed E-state index contributed by atoms with van der Waals surface area (Å²) < 4.78 is 27.9. The number of halogens is 2. The van der Waals surface area contributed by atoms with Crippen molar-refractivity contribution in [1.82, 2.24) is 0 Å². The molecule has 1 rings (SSSR count). The summed E-state index contributed by atoms with van der Waals surface area (Å²) in [7, 11) is 0. The maximum atomic E-state index is 14.0. The van der Waals surface area contributed by atoms with E-state index in [-0.39, 0.29) is 19.3 Å². The van der Waals surface area contributed by atoms with Gasteiger partial charge >= 0.3 is 5.97 Å². The summed E-state index contributed by atoms with van der Waals surface area (Å²) in [4.78, 5) is 10.5. The zero-order valence-electron chi connectivity index (χ0n) is 17.9. The van der Waals surface area contributed by atoms with Crippen LogP contribution in [0.3, 0.4) is 0 Å². The molecule has 0 spiro atoms. The van der Waals surface area contributed by atoms with E-state index in [4.69, 9.17) is 5.11 Å². The fraction of sp³-hybridized carbons (Fsp3) is 0.875. The monoisotopic (exact) mass is 400 g/mol. The molecule has 28 heavy (non-hydrogen) atoms. The largest absolute Gasteiger partial charge is 0.481 e. The van der Waals surface area contributed by atoms with Gasteiger partial charge in [-0.25, -0.2) is 8.78 Å². The summed E-state index contributed by atoms with van der Waals surface area (Å²) in [6, 6.07) is 0. The van der Waals surface area contributed by atoms with Crippen LogP contribution in [-0.4, -0.2) is 17.0 Å². The molecule has 0 heterocycles. The SMILES string of the molecule is CCCCCCC(F)(F)C/C=C/[C@H]1CCCC1CCCCCCCCC(=O)O. The van der Waals surface area contributed by atoms with Crippen molar-refractivity contribution < 1.29 is 18.7 Å². The third-order valence-electron chi connectivity index (χ3n) is 6.13. The van der Waals surface area contributed by atoms with Crippen molar-refractivity contribution >= 4 is 5.97 Å². The molecule has 0 aromatic rings.